The second kappa shape index (κ2) is 7.97. The van der Waals surface area contributed by atoms with Gasteiger partial charge in [0.05, 0.1) is 12.7 Å². The quantitative estimate of drug-likeness (QED) is 0.405. The summed E-state index contributed by atoms with van der Waals surface area (Å²) in [4.78, 5) is 11.7. The number of hydrogen-bond donors (Lipinski definition) is 1. The van der Waals surface area contributed by atoms with Gasteiger partial charge >= 0.3 is 5.97 Å². The molecule has 11 unspecified atom stereocenters. The summed E-state index contributed by atoms with van der Waals surface area (Å²) in [5.74, 6) is 2.50. The number of carbonyl (C=O) groups is 1. The molecule has 0 aromatic carbocycles. The van der Waals surface area contributed by atoms with Crippen molar-refractivity contribution in [3.8, 4) is 0 Å². The first-order chi connectivity index (χ1) is 16.1. The van der Waals surface area contributed by atoms with Crippen molar-refractivity contribution in [3.63, 3.8) is 0 Å². The largest absolute Gasteiger partial charge is 0.465 e. The number of hydrogen-bond acceptors (Lipinski definition) is 3. The van der Waals surface area contributed by atoms with Gasteiger partial charge in [0.2, 0.25) is 0 Å². The Bertz CT molecular complexity index is 869. The predicted octanol–water partition coefficient (Wildman–Crippen LogP) is 7.79. The number of aliphatic hydroxyl groups excluding tert-OH is 1. The molecule has 0 amide bonds. The molecule has 35 heavy (non-hydrogen) atoms. The molecule has 5 rings (SSSR count). The zero-order chi connectivity index (χ0) is 25.7. The number of rotatable bonds is 2. The highest BCUT2D eigenvalue weighted by Crippen LogP contribution is 2.78. The number of fused-ring (bicyclic) bond motifs is 7. The fourth-order valence-corrected chi connectivity index (χ4v) is 11.7. The van der Waals surface area contributed by atoms with Crippen LogP contribution in [0.1, 0.15) is 126 Å². The van der Waals surface area contributed by atoms with Crippen LogP contribution in [-0.4, -0.2) is 23.8 Å². The molecule has 0 spiro atoms. The minimum atomic E-state index is -0.134. The molecule has 0 heterocycles. The molecular formula is C32H54O3. The summed E-state index contributed by atoms with van der Waals surface area (Å²) in [6.07, 6.45) is 13.8. The third-order valence-corrected chi connectivity index (χ3v) is 14.4. The summed E-state index contributed by atoms with van der Waals surface area (Å²) >= 11 is 0. The minimum Gasteiger partial charge on any atom is -0.465 e. The third kappa shape index (κ3) is 3.48. The fourth-order valence-electron chi connectivity index (χ4n) is 11.7. The van der Waals surface area contributed by atoms with Crippen LogP contribution in [0.15, 0.2) is 0 Å². The van der Waals surface area contributed by atoms with Crippen molar-refractivity contribution in [2.24, 2.45) is 56.2 Å². The average molecular weight is 487 g/mol. The number of aliphatic hydroxyl groups is 1. The Balaban J connectivity index is 1.49. The van der Waals surface area contributed by atoms with E-state index in [0.717, 1.165) is 18.3 Å². The average Bonchev–Trinajstić information content (AvgIpc) is 2.79. The van der Waals surface area contributed by atoms with Crippen molar-refractivity contribution in [1.29, 1.82) is 0 Å². The number of ether oxygens (including phenoxy) is 1. The van der Waals surface area contributed by atoms with Gasteiger partial charge in [-0.15, -0.1) is 0 Å². The smallest absolute Gasteiger partial charge is 0.302 e. The van der Waals surface area contributed by atoms with Crippen LogP contribution >= 0.6 is 0 Å². The lowest BCUT2D eigenvalue weighted by Crippen LogP contribution is -2.68. The summed E-state index contributed by atoms with van der Waals surface area (Å²) in [6.45, 7) is 20.1. The minimum absolute atomic E-state index is 0.109. The van der Waals surface area contributed by atoms with Gasteiger partial charge in [-0.2, -0.15) is 0 Å². The Labute approximate surface area is 215 Å². The van der Waals surface area contributed by atoms with E-state index < -0.39 is 0 Å². The first-order valence-electron chi connectivity index (χ1n) is 15.0. The standard InChI is InChI=1S/C32H54O3/c1-21-23(34)9-10-24-29(21,5)12-11-25-30(24,6)16-18-32(8)26-19-27(3,20-35-22(2)33)13-14-28(26,4)15-17-31(25,32)7/h21,23-26,34H,9-20H2,1-8H3. The van der Waals surface area contributed by atoms with Crippen LogP contribution in [0.2, 0.25) is 0 Å². The molecule has 3 heteroatoms. The Morgan fingerprint density at radius 2 is 1.40 bits per heavy atom. The van der Waals surface area contributed by atoms with Crippen LogP contribution in [0.5, 0.6) is 0 Å². The van der Waals surface area contributed by atoms with Crippen molar-refractivity contribution in [3.05, 3.63) is 0 Å². The highest BCUT2D eigenvalue weighted by atomic mass is 16.5. The van der Waals surface area contributed by atoms with Gasteiger partial charge in [-0.3, -0.25) is 4.79 Å². The third-order valence-electron chi connectivity index (χ3n) is 14.4. The highest BCUT2D eigenvalue weighted by molar-refractivity contribution is 5.65. The molecule has 0 saturated heterocycles. The molecule has 5 aliphatic rings. The highest BCUT2D eigenvalue weighted by Gasteiger charge is 2.71. The van der Waals surface area contributed by atoms with E-state index in [9.17, 15) is 9.90 Å². The van der Waals surface area contributed by atoms with Crippen LogP contribution in [0.25, 0.3) is 0 Å². The molecule has 0 aliphatic heterocycles. The Kier molecular flexibility index (Phi) is 5.93. The van der Waals surface area contributed by atoms with E-state index in [1.807, 2.05) is 0 Å². The molecule has 5 saturated carbocycles. The molecule has 0 bridgehead atoms. The molecule has 5 aliphatic carbocycles. The maximum Gasteiger partial charge on any atom is 0.302 e. The van der Waals surface area contributed by atoms with E-state index in [1.54, 1.807) is 6.92 Å². The fraction of sp³-hybridized carbons (Fsp3) is 0.969. The van der Waals surface area contributed by atoms with Gasteiger partial charge in [0.25, 0.3) is 0 Å². The van der Waals surface area contributed by atoms with Crippen molar-refractivity contribution in [2.45, 2.75) is 132 Å². The molecule has 0 radical (unpaired) electrons. The number of carbonyl (C=O) groups excluding carboxylic acids is 1. The molecular weight excluding hydrogens is 432 g/mol. The Morgan fingerprint density at radius 3 is 2.09 bits per heavy atom. The van der Waals surface area contributed by atoms with Gasteiger partial charge in [0, 0.05) is 12.3 Å². The van der Waals surface area contributed by atoms with E-state index in [4.69, 9.17) is 4.74 Å². The molecule has 11 atom stereocenters. The topological polar surface area (TPSA) is 46.5 Å². The van der Waals surface area contributed by atoms with Gasteiger partial charge < -0.3 is 9.84 Å². The molecule has 0 aromatic heterocycles. The van der Waals surface area contributed by atoms with Crippen LogP contribution in [0.4, 0.5) is 0 Å². The monoisotopic (exact) mass is 486 g/mol. The Hall–Kier alpha value is -0.570. The number of esters is 1. The maximum absolute atomic E-state index is 11.7. The second-order valence-corrected chi connectivity index (χ2v) is 15.9. The second-order valence-electron chi connectivity index (χ2n) is 15.9. The lowest BCUT2D eigenvalue weighted by atomic mass is 9.30. The van der Waals surface area contributed by atoms with Gasteiger partial charge in [0.15, 0.2) is 0 Å². The summed E-state index contributed by atoms with van der Waals surface area (Å²) < 4.78 is 5.62. The zero-order valence-corrected chi connectivity index (χ0v) is 24.1. The molecule has 1 N–H and O–H groups in total. The molecule has 5 fully saturated rings. The lowest BCUT2D eigenvalue weighted by molar-refractivity contribution is -0.264. The van der Waals surface area contributed by atoms with Gasteiger partial charge in [-0.1, -0.05) is 48.5 Å². The Morgan fingerprint density at radius 1 is 0.771 bits per heavy atom. The van der Waals surface area contributed by atoms with Crippen molar-refractivity contribution in [2.75, 3.05) is 6.61 Å². The van der Waals surface area contributed by atoms with Crippen LogP contribution in [-0.2, 0) is 9.53 Å². The predicted molar refractivity (Wildman–Crippen MR) is 142 cm³/mol. The normalized spacial score (nSPS) is 57.8. The summed E-state index contributed by atoms with van der Waals surface area (Å²) in [5, 5.41) is 10.8. The summed E-state index contributed by atoms with van der Waals surface area (Å²) in [6, 6.07) is 0. The molecule has 0 aromatic rings. The van der Waals surface area contributed by atoms with E-state index in [2.05, 4.69) is 48.5 Å². The zero-order valence-electron chi connectivity index (χ0n) is 24.1. The van der Waals surface area contributed by atoms with Crippen molar-refractivity contribution in [1.82, 2.24) is 0 Å². The van der Waals surface area contributed by atoms with Crippen LogP contribution in [0, 0.1) is 56.2 Å². The van der Waals surface area contributed by atoms with E-state index in [0.29, 0.717) is 40.1 Å². The van der Waals surface area contributed by atoms with Gasteiger partial charge in [-0.25, -0.2) is 0 Å². The summed E-state index contributed by atoms with van der Waals surface area (Å²) in [7, 11) is 0. The molecule has 200 valence electrons. The summed E-state index contributed by atoms with van der Waals surface area (Å²) in [5.41, 5.74) is 1.91. The van der Waals surface area contributed by atoms with Crippen LogP contribution < -0.4 is 0 Å². The first kappa shape index (κ1) is 26.1. The SMILES string of the molecule is CC(=O)OCC1(C)CCC2(C)CCC3(C)C4CCC5(C)C(C)C(O)CCC5C4(C)CCC3(C)C2C1. The molecule has 3 nitrogen and oxygen atoms in total. The van der Waals surface area contributed by atoms with Crippen molar-refractivity contribution < 1.29 is 14.6 Å². The van der Waals surface area contributed by atoms with Crippen molar-refractivity contribution >= 4 is 5.97 Å². The van der Waals surface area contributed by atoms with Crippen LogP contribution in [0.3, 0.4) is 0 Å². The lowest BCUT2D eigenvalue weighted by Gasteiger charge is -2.75. The van der Waals surface area contributed by atoms with Gasteiger partial charge in [-0.05, 0) is 121 Å². The maximum atomic E-state index is 11.7. The van der Waals surface area contributed by atoms with Gasteiger partial charge in [0.1, 0.15) is 0 Å². The first-order valence-corrected chi connectivity index (χ1v) is 15.0. The van der Waals surface area contributed by atoms with E-state index in [1.165, 1.54) is 64.2 Å². The van der Waals surface area contributed by atoms with E-state index in [-0.39, 0.29) is 22.9 Å². The van der Waals surface area contributed by atoms with E-state index >= 15 is 0 Å².